The number of aromatic nitrogens is 2. The van der Waals surface area contributed by atoms with Crippen molar-refractivity contribution in [2.45, 2.75) is 27.3 Å². The highest BCUT2D eigenvalue weighted by atomic mass is 16.5. The molecule has 0 N–H and O–H groups in total. The molecule has 7 nitrogen and oxygen atoms in total. The van der Waals surface area contributed by atoms with E-state index in [1.807, 2.05) is 27.8 Å². The summed E-state index contributed by atoms with van der Waals surface area (Å²) in [4.78, 5) is 26.6. The van der Waals surface area contributed by atoms with E-state index in [-0.39, 0.29) is 5.91 Å². The molecule has 0 atom stereocenters. The second-order valence-electron chi connectivity index (χ2n) is 6.50. The highest BCUT2D eigenvalue weighted by Crippen LogP contribution is 2.24. The fourth-order valence-electron chi connectivity index (χ4n) is 3.14. The third-order valence-corrected chi connectivity index (χ3v) is 4.66. The summed E-state index contributed by atoms with van der Waals surface area (Å²) in [6.45, 7) is 6.67. The molecule has 0 aliphatic heterocycles. The van der Waals surface area contributed by atoms with Gasteiger partial charge in [0.1, 0.15) is 11.3 Å². The minimum absolute atomic E-state index is 0.250. The van der Waals surface area contributed by atoms with Gasteiger partial charge in [0, 0.05) is 49.4 Å². The minimum atomic E-state index is -0.568. The van der Waals surface area contributed by atoms with Gasteiger partial charge in [-0.2, -0.15) is 5.10 Å². The Balaban J connectivity index is 1.98. The van der Waals surface area contributed by atoms with E-state index in [9.17, 15) is 9.59 Å². The number of aryl methyl sites for hydroxylation is 2. The zero-order valence-corrected chi connectivity index (χ0v) is 16.2. The Kier molecular flexibility index (Phi) is 5.03. The van der Waals surface area contributed by atoms with E-state index in [2.05, 4.69) is 5.10 Å². The predicted octanol–water partition coefficient (Wildman–Crippen LogP) is 2.81. The number of benzene rings is 1. The van der Waals surface area contributed by atoms with E-state index in [1.165, 1.54) is 6.07 Å². The molecule has 0 unspecified atom stereocenters. The normalized spacial score (nSPS) is 11.0. The van der Waals surface area contributed by atoms with Crippen molar-refractivity contribution in [2.24, 2.45) is 7.05 Å². The van der Waals surface area contributed by atoms with Crippen molar-refractivity contribution in [3.8, 4) is 5.75 Å². The molecule has 2 heterocycles. The highest BCUT2D eigenvalue weighted by Gasteiger charge is 2.20. The summed E-state index contributed by atoms with van der Waals surface area (Å²) in [5.74, 6) is 0.340. The van der Waals surface area contributed by atoms with Crippen LogP contribution >= 0.6 is 0 Å². The summed E-state index contributed by atoms with van der Waals surface area (Å²) in [5, 5.41) is 4.97. The molecule has 1 amide bonds. The minimum Gasteiger partial charge on any atom is -0.494 e. The molecule has 2 aromatic heterocycles. The number of rotatable bonds is 5. The molecule has 1 aromatic carbocycles. The van der Waals surface area contributed by atoms with Gasteiger partial charge in [-0.15, -0.1) is 0 Å². The molecular weight excluding hydrogens is 346 g/mol. The largest absolute Gasteiger partial charge is 0.494 e. The van der Waals surface area contributed by atoms with Gasteiger partial charge >= 0.3 is 5.63 Å². The van der Waals surface area contributed by atoms with Crippen LogP contribution in [0.2, 0.25) is 0 Å². The van der Waals surface area contributed by atoms with Crippen molar-refractivity contribution in [1.29, 1.82) is 0 Å². The number of amides is 1. The van der Waals surface area contributed by atoms with Crippen molar-refractivity contribution in [3.63, 3.8) is 0 Å². The summed E-state index contributed by atoms with van der Waals surface area (Å²) in [6.07, 6.45) is 0. The van der Waals surface area contributed by atoms with Gasteiger partial charge in [0.05, 0.1) is 17.9 Å². The van der Waals surface area contributed by atoms with Gasteiger partial charge in [0.15, 0.2) is 0 Å². The summed E-state index contributed by atoms with van der Waals surface area (Å²) in [5.41, 5.74) is 2.96. The molecule has 0 aliphatic carbocycles. The average molecular weight is 369 g/mol. The van der Waals surface area contributed by atoms with Crippen molar-refractivity contribution in [2.75, 3.05) is 13.7 Å². The van der Waals surface area contributed by atoms with Crippen molar-refractivity contribution in [1.82, 2.24) is 14.7 Å². The van der Waals surface area contributed by atoms with E-state index in [1.54, 1.807) is 34.8 Å². The zero-order chi connectivity index (χ0) is 19.7. The number of carbonyl (C=O) groups is 1. The highest BCUT2D eigenvalue weighted by molar-refractivity contribution is 6.05. The molecule has 0 bridgehead atoms. The van der Waals surface area contributed by atoms with Crippen LogP contribution in [0.4, 0.5) is 0 Å². The summed E-state index contributed by atoms with van der Waals surface area (Å²) in [6, 6.07) is 6.37. The van der Waals surface area contributed by atoms with Crippen molar-refractivity contribution >= 4 is 16.9 Å². The summed E-state index contributed by atoms with van der Waals surface area (Å²) in [7, 11) is 3.59. The maximum absolute atomic E-state index is 13.0. The first kappa shape index (κ1) is 18.7. The Hall–Kier alpha value is -3.09. The van der Waals surface area contributed by atoms with E-state index in [0.717, 1.165) is 17.0 Å². The van der Waals surface area contributed by atoms with Gasteiger partial charge in [-0.05, 0) is 32.9 Å². The van der Waals surface area contributed by atoms with E-state index in [0.29, 0.717) is 35.4 Å². The van der Waals surface area contributed by atoms with Crippen LogP contribution in [0.15, 0.2) is 33.5 Å². The van der Waals surface area contributed by atoms with Gasteiger partial charge in [0.25, 0.3) is 5.91 Å². The number of hydrogen-bond donors (Lipinski definition) is 0. The Morgan fingerprint density at radius 2 is 2.04 bits per heavy atom. The number of fused-ring (bicyclic) bond motifs is 1. The van der Waals surface area contributed by atoms with E-state index >= 15 is 0 Å². The monoisotopic (exact) mass is 369 g/mol. The van der Waals surface area contributed by atoms with E-state index < -0.39 is 5.63 Å². The molecule has 0 saturated heterocycles. The lowest BCUT2D eigenvalue weighted by molar-refractivity contribution is 0.0786. The maximum atomic E-state index is 13.0. The van der Waals surface area contributed by atoms with Crippen LogP contribution in [0, 0.1) is 13.8 Å². The van der Waals surface area contributed by atoms with Gasteiger partial charge in [0.2, 0.25) is 0 Å². The van der Waals surface area contributed by atoms with Crippen LogP contribution in [-0.4, -0.2) is 34.2 Å². The Labute approximate surface area is 157 Å². The first-order valence-corrected chi connectivity index (χ1v) is 8.77. The maximum Gasteiger partial charge on any atom is 0.337 e. The average Bonchev–Trinajstić information content (AvgIpc) is 2.86. The lowest BCUT2D eigenvalue weighted by atomic mass is 10.1. The first-order chi connectivity index (χ1) is 12.8. The quantitative estimate of drug-likeness (QED) is 0.646. The smallest absolute Gasteiger partial charge is 0.337 e. The first-order valence-electron chi connectivity index (χ1n) is 8.77. The van der Waals surface area contributed by atoms with Crippen LogP contribution in [0.25, 0.3) is 11.0 Å². The van der Waals surface area contributed by atoms with Gasteiger partial charge < -0.3 is 14.1 Å². The number of carbonyl (C=O) groups excluding carboxylic acids is 1. The molecule has 142 valence electrons. The fraction of sp³-hybridized carbons (Fsp3) is 0.350. The molecule has 0 saturated carbocycles. The topological polar surface area (TPSA) is 77.6 Å². The lowest BCUT2D eigenvalue weighted by Crippen LogP contribution is -2.27. The number of nitrogens with zero attached hydrogens (tertiary/aromatic N) is 3. The van der Waals surface area contributed by atoms with Crippen LogP contribution in [0.3, 0.4) is 0 Å². The molecule has 0 spiro atoms. The second kappa shape index (κ2) is 7.26. The number of hydrogen-bond acceptors (Lipinski definition) is 5. The van der Waals surface area contributed by atoms with Crippen LogP contribution in [-0.2, 0) is 13.6 Å². The van der Waals surface area contributed by atoms with Gasteiger partial charge in [-0.3, -0.25) is 9.48 Å². The molecular formula is C20H23N3O4. The lowest BCUT2D eigenvalue weighted by Gasteiger charge is -2.18. The third kappa shape index (κ3) is 3.58. The second-order valence-corrected chi connectivity index (χ2v) is 6.50. The molecule has 0 radical (unpaired) electrons. The molecule has 0 fully saturated rings. The molecule has 0 aliphatic rings. The van der Waals surface area contributed by atoms with Crippen LogP contribution < -0.4 is 10.4 Å². The zero-order valence-electron chi connectivity index (χ0n) is 16.2. The molecule has 7 heteroatoms. The third-order valence-electron chi connectivity index (χ3n) is 4.66. The van der Waals surface area contributed by atoms with Crippen LogP contribution in [0.1, 0.15) is 34.2 Å². The van der Waals surface area contributed by atoms with Crippen LogP contribution in [0.5, 0.6) is 5.75 Å². The molecule has 3 rings (SSSR count). The van der Waals surface area contributed by atoms with Crippen molar-refractivity contribution < 1.29 is 13.9 Å². The fourth-order valence-corrected chi connectivity index (χ4v) is 3.14. The number of ether oxygens (including phenoxy) is 1. The van der Waals surface area contributed by atoms with Gasteiger partial charge in [-0.1, -0.05) is 0 Å². The van der Waals surface area contributed by atoms with Gasteiger partial charge in [-0.25, -0.2) is 4.79 Å². The molecule has 3 aromatic rings. The standard InChI is InChI=1S/C20H23N3O4/c1-6-26-14-7-8-15-16(10-19(24)27-18(15)9-14)20(25)22(4)11-17-12(2)21-23(5)13(17)3/h7-10H,6,11H2,1-5H3. The molecule has 27 heavy (non-hydrogen) atoms. The summed E-state index contributed by atoms with van der Waals surface area (Å²) >= 11 is 0. The summed E-state index contributed by atoms with van der Waals surface area (Å²) < 4.78 is 12.5. The Bertz CT molecular complexity index is 1070. The predicted molar refractivity (Wildman–Crippen MR) is 102 cm³/mol. The van der Waals surface area contributed by atoms with E-state index in [4.69, 9.17) is 9.15 Å². The van der Waals surface area contributed by atoms with Crippen molar-refractivity contribution in [3.05, 3.63) is 57.2 Å². The Morgan fingerprint density at radius 3 is 2.67 bits per heavy atom. The SMILES string of the molecule is CCOc1ccc2c(C(=O)N(C)Cc3c(C)nn(C)c3C)cc(=O)oc2c1. The Morgan fingerprint density at radius 1 is 1.30 bits per heavy atom.